The molecule has 7 heteroatoms. The van der Waals surface area contributed by atoms with Gasteiger partial charge in [0.2, 0.25) is 5.91 Å². The van der Waals surface area contributed by atoms with Crippen molar-refractivity contribution in [3.8, 4) is 0 Å². The number of primary amides is 1. The van der Waals surface area contributed by atoms with Gasteiger partial charge in [-0.1, -0.05) is 23.7 Å². The minimum atomic E-state index is -0.429. The maximum Gasteiger partial charge on any atom is 0.249 e. The molecule has 0 unspecified atom stereocenters. The summed E-state index contributed by atoms with van der Waals surface area (Å²) in [7, 11) is 0. The SMILES string of the molecule is NC(=O)c1ccccc1SCNc1cc(Cl)ncc1Br. The molecule has 0 aliphatic carbocycles. The Hall–Kier alpha value is -1.24. The molecule has 0 atom stereocenters. The van der Waals surface area contributed by atoms with Crippen LogP contribution in [0.25, 0.3) is 0 Å². The Bertz CT molecular complexity index is 639. The van der Waals surface area contributed by atoms with Gasteiger partial charge < -0.3 is 11.1 Å². The first-order chi connectivity index (χ1) is 9.58. The van der Waals surface area contributed by atoms with E-state index in [9.17, 15) is 4.79 Å². The Morgan fingerprint density at radius 1 is 1.45 bits per heavy atom. The topological polar surface area (TPSA) is 68.0 Å². The fraction of sp³-hybridized carbons (Fsp3) is 0.0769. The van der Waals surface area contributed by atoms with E-state index in [4.69, 9.17) is 17.3 Å². The number of aromatic nitrogens is 1. The first-order valence-electron chi connectivity index (χ1n) is 5.64. The summed E-state index contributed by atoms with van der Waals surface area (Å²) in [5.74, 6) is 0.143. The Morgan fingerprint density at radius 2 is 2.20 bits per heavy atom. The molecular weight excluding hydrogens is 362 g/mol. The number of amides is 1. The van der Waals surface area contributed by atoms with Crippen LogP contribution in [0.15, 0.2) is 45.9 Å². The van der Waals surface area contributed by atoms with Gasteiger partial charge in [0.1, 0.15) is 5.15 Å². The molecule has 4 nitrogen and oxygen atoms in total. The lowest BCUT2D eigenvalue weighted by molar-refractivity contribution is 0.0997. The maximum atomic E-state index is 11.3. The number of nitrogens with one attached hydrogen (secondary N) is 1. The third-order valence-corrected chi connectivity index (χ3v) is 4.26. The fourth-order valence-electron chi connectivity index (χ4n) is 1.54. The molecule has 0 aliphatic heterocycles. The smallest absolute Gasteiger partial charge is 0.249 e. The Labute approximate surface area is 134 Å². The molecule has 1 amide bonds. The average molecular weight is 373 g/mol. The molecule has 0 spiro atoms. The standard InChI is InChI=1S/C13H11BrClN3OS/c14-9-6-17-12(15)5-10(9)18-7-20-11-4-2-1-3-8(11)13(16)19/h1-6H,7H2,(H2,16,19)(H,17,18). The van der Waals surface area contributed by atoms with Crippen LogP contribution in [0.1, 0.15) is 10.4 Å². The molecule has 2 rings (SSSR count). The molecule has 0 saturated heterocycles. The van der Waals surface area contributed by atoms with E-state index in [0.717, 1.165) is 15.1 Å². The van der Waals surface area contributed by atoms with Crippen molar-refractivity contribution >= 4 is 50.9 Å². The largest absolute Gasteiger partial charge is 0.375 e. The highest BCUT2D eigenvalue weighted by atomic mass is 79.9. The van der Waals surface area contributed by atoms with E-state index in [1.54, 1.807) is 24.4 Å². The number of benzene rings is 1. The third-order valence-electron chi connectivity index (χ3n) is 2.46. The number of carbonyl (C=O) groups excluding carboxylic acids is 1. The molecule has 2 aromatic rings. The van der Waals surface area contributed by atoms with Crippen LogP contribution in [-0.4, -0.2) is 16.8 Å². The Morgan fingerprint density at radius 3 is 2.95 bits per heavy atom. The second-order valence-corrected chi connectivity index (χ2v) is 6.07. The number of hydrogen-bond donors (Lipinski definition) is 2. The van der Waals surface area contributed by atoms with Crippen LogP contribution in [0.3, 0.4) is 0 Å². The van der Waals surface area contributed by atoms with Gasteiger partial charge in [-0.2, -0.15) is 0 Å². The lowest BCUT2D eigenvalue weighted by atomic mass is 10.2. The van der Waals surface area contributed by atoms with Crippen LogP contribution in [-0.2, 0) is 0 Å². The quantitative estimate of drug-likeness (QED) is 0.476. The van der Waals surface area contributed by atoms with Gasteiger partial charge in [0.25, 0.3) is 0 Å². The van der Waals surface area contributed by atoms with Crippen molar-refractivity contribution < 1.29 is 4.79 Å². The zero-order chi connectivity index (χ0) is 14.5. The molecule has 0 saturated carbocycles. The minimum Gasteiger partial charge on any atom is -0.375 e. The molecule has 20 heavy (non-hydrogen) atoms. The zero-order valence-corrected chi connectivity index (χ0v) is 13.4. The molecule has 104 valence electrons. The van der Waals surface area contributed by atoms with Gasteiger partial charge in [0.15, 0.2) is 0 Å². The van der Waals surface area contributed by atoms with Crippen LogP contribution in [0.5, 0.6) is 0 Å². The number of carbonyl (C=O) groups is 1. The van der Waals surface area contributed by atoms with Crippen molar-refractivity contribution in [1.29, 1.82) is 0 Å². The van der Waals surface area contributed by atoms with Crippen LogP contribution in [0.2, 0.25) is 5.15 Å². The van der Waals surface area contributed by atoms with E-state index in [-0.39, 0.29) is 0 Å². The van der Waals surface area contributed by atoms with Gasteiger partial charge in [-0.15, -0.1) is 11.8 Å². The molecule has 3 N–H and O–H groups in total. The van der Waals surface area contributed by atoms with Gasteiger partial charge in [-0.3, -0.25) is 4.79 Å². The van der Waals surface area contributed by atoms with Crippen molar-refractivity contribution in [3.05, 3.63) is 51.7 Å². The predicted molar refractivity (Wildman–Crippen MR) is 86.3 cm³/mol. The highest BCUT2D eigenvalue weighted by Crippen LogP contribution is 2.27. The van der Waals surface area contributed by atoms with E-state index in [1.165, 1.54) is 11.8 Å². The Balaban J connectivity index is 2.03. The summed E-state index contributed by atoms with van der Waals surface area (Å²) in [4.78, 5) is 16.1. The second kappa shape index (κ2) is 6.97. The van der Waals surface area contributed by atoms with Gasteiger partial charge >= 0.3 is 0 Å². The van der Waals surface area contributed by atoms with Crippen molar-refractivity contribution in [2.75, 3.05) is 11.2 Å². The van der Waals surface area contributed by atoms with E-state index in [2.05, 4.69) is 26.2 Å². The van der Waals surface area contributed by atoms with Gasteiger partial charge in [-0.05, 0) is 34.1 Å². The maximum absolute atomic E-state index is 11.3. The number of hydrogen-bond acceptors (Lipinski definition) is 4. The molecule has 0 fully saturated rings. The number of anilines is 1. The van der Waals surface area contributed by atoms with E-state index in [1.807, 2.05) is 12.1 Å². The fourth-order valence-corrected chi connectivity index (χ4v) is 2.93. The number of halogens is 2. The number of thioether (sulfide) groups is 1. The van der Waals surface area contributed by atoms with Crippen molar-refractivity contribution in [3.63, 3.8) is 0 Å². The summed E-state index contributed by atoms with van der Waals surface area (Å²) in [5, 5.41) is 3.62. The molecule has 0 radical (unpaired) electrons. The summed E-state index contributed by atoms with van der Waals surface area (Å²) in [5.41, 5.74) is 6.70. The van der Waals surface area contributed by atoms with Crippen LogP contribution < -0.4 is 11.1 Å². The summed E-state index contributed by atoms with van der Waals surface area (Å²) in [6.07, 6.45) is 1.63. The highest BCUT2D eigenvalue weighted by molar-refractivity contribution is 9.10. The number of nitrogens with two attached hydrogens (primary N) is 1. The van der Waals surface area contributed by atoms with E-state index < -0.39 is 5.91 Å². The monoisotopic (exact) mass is 371 g/mol. The van der Waals surface area contributed by atoms with Crippen LogP contribution in [0.4, 0.5) is 5.69 Å². The Kier molecular flexibility index (Phi) is 5.28. The summed E-state index contributed by atoms with van der Waals surface area (Å²) in [6.45, 7) is 0. The molecular formula is C13H11BrClN3OS. The van der Waals surface area contributed by atoms with Crippen molar-refractivity contribution in [1.82, 2.24) is 4.98 Å². The van der Waals surface area contributed by atoms with Crippen LogP contribution in [0, 0.1) is 0 Å². The predicted octanol–water partition coefficient (Wildman–Crippen LogP) is 3.76. The molecule has 1 aromatic carbocycles. The molecule has 0 bridgehead atoms. The molecule has 1 heterocycles. The van der Waals surface area contributed by atoms with Crippen molar-refractivity contribution in [2.24, 2.45) is 5.73 Å². The third kappa shape index (κ3) is 3.88. The lowest BCUT2D eigenvalue weighted by Gasteiger charge is -2.10. The lowest BCUT2D eigenvalue weighted by Crippen LogP contribution is -2.12. The zero-order valence-electron chi connectivity index (χ0n) is 10.3. The van der Waals surface area contributed by atoms with Gasteiger partial charge in [-0.25, -0.2) is 4.98 Å². The van der Waals surface area contributed by atoms with E-state index in [0.29, 0.717) is 16.6 Å². The van der Waals surface area contributed by atoms with Crippen LogP contribution >= 0.6 is 39.3 Å². The summed E-state index contributed by atoms with van der Waals surface area (Å²) in [6, 6.07) is 8.96. The summed E-state index contributed by atoms with van der Waals surface area (Å²) < 4.78 is 0.825. The first-order valence-corrected chi connectivity index (χ1v) is 7.80. The molecule has 1 aromatic heterocycles. The normalized spacial score (nSPS) is 10.3. The number of rotatable bonds is 5. The van der Waals surface area contributed by atoms with Gasteiger partial charge in [0, 0.05) is 11.1 Å². The highest BCUT2D eigenvalue weighted by Gasteiger charge is 2.08. The van der Waals surface area contributed by atoms with Gasteiger partial charge in [0.05, 0.1) is 21.6 Å². The minimum absolute atomic E-state index is 0.415. The average Bonchev–Trinajstić information content (AvgIpc) is 2.43. The number of nitrogens with zero attached hydrogens (tertiary/aromatic N) is 1. The molecule has 0 aliphatic rings. The van der Waals surface area contributed by atoms with E-state index >= 15 is 0 Å². The number of pyridine rings is 1. The summed E-state index contributed by atoms with van der Waals surface area (Å²) >= 11 is 10.7. The van der Waals surface area contributed by atoms with Crippen molar-refractivity contribution in [2.45, 2.75) is 4.90 Å². The second-order valence-electron chi connectivity index (χ2n) is 3.81. The first kappa shape index (κ1) is 15.2.